The highest BCUT2D eigenvalue weighted by Gasteiger charge is 2.23. The third-order valence-corrected chi connectivity index (χ3v) is 7.11. The van der Waals surface area contributed by atoms with E-state index in [0.29, 0.717) is 19.3 Å². The van der Waals surface area contributed by atoms with Crippen molar-refractivity contribution in [1.82, 2.24) is 4.90 Å². The molecule has 0 saturated carbocycles. The van der Waals surface area contributed by atoms with E-state index < -0.39 is 0 Å². The summed E-state index contributed by atoms with van der Waals surface area (Å²) in [7, 11) is 0. The number of hydrogen-bond acceptors (Lipinski definition) is 4. The number of aryl methyl sites for hydroxylation is 1. The largest absolute Gasteiger partial charge is 0.486 e. The molecule has 0 unspecified atom stereocenters. The summed E-state index contributed by atoms with van der Waals surface area (Å²) in [5.74, 6) is 1.64. The minimum Gasteiger partial charge on any atom is -0.486 e. The summed E-state index contributed by atoms with van der Waals surface area (Å²) in [6.45, 7) is 7.74. The Bertz CT molecular complexity index is 1200. The van der Waals surface area contributed by atoms with Crippen LogP contribution in [0.25, 0.3) is 23.3 Å². The van der Waals surface area contributed by atoms with E-state index in [1.807, 2.05) is 6.07 Å². The van der Waals surface area contributed by atoms with Crippen LogP contribution >= 0.6 is 0 Å². The van der Waals surface area contributed by atoms with Crippen LogP contribution < -0.4 is 9.47 Å². The minimum absolute atomic E-state index is 0.248. The number of benzene rings is 3. The van der Waals surface area contributed by atoms with E-state index in [2.05, 4.69) is 79.4 Å². The van der Waals surface area contributed by atoms with Crippen LogP contribution in [-0.4, -0.2) is 42.4 Å². The van der Waals surface area contributed by atoms with Gasteiger partial charge in [-0.25, -0.2) is 0 Å². The van der Waals surface area contributed by atoms with E-state index >= 15 is 0 Å². The third kappa shape index (κ3) is 4.75. The molecule has 0 radical (unpaired) electrons. The standard InChI is InChI=1S/C30H33NO3/c1-21-8-9-23(19-31-14-4-6-27(31)20-32)17-25(21)11-10-24-5-3-7-28(22(24)2)26-12-13-29-30(18-26)34-16-15-33-29/h3,5,7-13,17-18,27,32H,4,6,14-16,19-20H2,1-2H3/b11-10+/t27-/m0/s1. The summed E-state index contributed by atoms with van der Waals surface area (Å²) in [6, 6.07) is 19.6. The number of likely N-dealkylation sites (tertiary alicyclic amines) is 1. The van der Waals surface area contributed by atoms with E-state index in [4.69, 9.17) is 9.47 Å². The zero-order valence-corrected chi connectivity index (χ0v) is 20.1. The molecular formula is C30H33NO3. The Hall–Kier alpha value is -3.08. The second kappa shape index (κ2) is 10.0. The maximum atomic E-state index is 9.65. The molecule has 2 heterocycles. The predicted octanol–water partition coefficient (Wildman–Crippen LogP) is 5.87. The fraction of sp³-hybridized carbons (Fsp3) is 0.333. The molecule has 0 aliphatic carbocycles. The molecule has 34 heavy (non-hydrogen) atoms. The molecule has 176 valence electrons. The van der Waals surface area contributed by atoms with Crippen LogP contribution in [-0.2, 0) is 6.54 Å². The molecule has 2 aliphatic heterocycles. The molecular weight excluding hydrogens is 422 g/mol. The SMILES string of the molecule is Cc1ccc(CN2CCC[C@H]2CO)cc1/C=C/c1cccc(-c2ccc3c(c2)OCCO3)c1C. The van der Waals surface area contributed by atoms with Gasteiger partial charge >= 0.3 is 0 Å². The van der Waals surface area contributed by atoms with E-state index in [-0.39, 0.29) is 6.61 Å². The van der Waals surface area contributed by atoms with E-state index in [1.165, 1.54) is 39.8 Å². The Morgan fingerprint density at radius 1 is 0.941 bits per heavy atom. The molecule has 0 amide bonds. The van der Waals surface area contributed by atoms with Crippen molar-refractivity contribution in [3.8, 4) is 22.6 Å². The molecule has 2 aliphatic rings. The lowest BCUT2D eigenvalue weighted by atomic mass is 9.95. The number of hydrogen-bond donors (Lipinski definition) is 1. The van der Waals surface area contributed by atoms with Crippen molar-refractivity contribution in [3.05, 3.63) is 82.4 Å². The Labute approximate surface area is 202 Å². The van der Waals surface area contributed by atoms with Gasteiger partial charge in [0.25, 0.3) is 0 Å². The smallest absolute Gasteiger partial charge is 0.161 e. The van der Waals surface area contributed by atoms with E-state index in [1.54, 1.807) is 0 Å². The zero-order valence-electron chi connectivity index (χ0n) is 20.1. The van der Waals surface area contributed by atoms with E-state index in [9.17, 15) is 5.11 Å². The summed E-state index contributed by atoms with van der Waals surface area (Å²) in [4.78, 5) is 2.40. The van der Waals surface area contributed by atoms with Crippen molar-refractivity contribution in [1.29, 1.82) is 0 Å². The first kappa shape index (κ1) is 22.7. The molecule has 1 fully saturated rings. The van der Waals surface area contributed by atoms with Gasteiger partial charge in [0.15, 0.2) is 11.5 Å². The van der Waals surface area contributed by atoms with Crippen LogP contribution in [0.2, 0.25) is 0 Å². The van der Waals surface area contributed by atoms with Crippen molar-refractivity contribution >= 4 is 12.2 Å². The Morgan fingerprint density at radius 3 is 2.62 bits per heavy atom. The normalized spacial score (nSPS) is 18.0. The number of nitrogens with zero attached hydrogens (tertiary/aromatic N) is 1. The Kier molecular flexibility index (Phi) is 6.70. The molecule has 0 aromatic heterocycles. The van der Waals surface area contributed by atoms with Gasteiger partial charge in [-0.1, -0.05) is 54.6 Å². The van der Waals surface area contributed by atoms with Crippen molar-refractivity contribution < 1.29 is 14.6 Å². The molecule has 3 aromatic carbocycles. The van der Waals surface area contributed by atoms with Gasteiger partial charge in [-0.15, -0.1) is 0 Å². The molecule has 1 saturated heterocycles. The first-order valence-corrected chi connectivity index (χ1v) is 12.2. The maximum Gasteiger partial charge on any atom is 0.161 e. The van der Waals surface area contributed by atoms with Crippen molar-refractivity contribution in [2.45, 2.75) is 39.3 Å². The van der Waals surface area contributed by atoms with Crippen molar-refractivity contribution in [2.75, 3.05) is 26.4 Å². The summed E-state index contributed by atoms with van der Waals surface area (Å²) < 4.78 is 11.5. The summed E-state index contributed by atoms with van der Waals surface area (Å²) in [5.41, 5.74) is 8.59. The van der Waals surface area contributed by atoms with Crippen LogP contribution in [0.3, 0.4) is 0 Å². The van der Waals surface area contributed by atoms with Crippen LogP contribution in [0.4, 0.5) is 0 Å². The monoisotopic (exact) mass is 455 g/mol. The van der Waals surface area contributed by atoms with Gasteiger partial charge in [-0.3, -0.25) is 4.90 Å². The second-order valence-electron chi connectivity index (χ2n) is 9.35. The zero-order chi connectivity index (χ0) is 23.5. The van der Waals surface area contributed by atoms with E-state index in [0.717, 1.165) is 36.6 Å². The summed E-state index contributed by atoms with van der Waals surface area (Å²) in [6.07, 6.45) is 6.70. The highest BCUT2D eigenvalue weighted by atomic mass is 16.6. The molecule has 5 rings (SSSR count). The highest BCUT2D eigenvalue weighted by Crippen LogP contribution is 2.36. The average Bonchev–Trinajstić information content (AvgIpc) is 3.32. The molecule has 4 heteroatoms. The second-order valence-corrected chi connectivity index (χ2v) is 9.35. The highest BCUT2D eigenvalue weighted by molar-refractivity contribution is 5.79. The van der Waals surface area contributed by atoms with Crippen LogP contribution in [0.5, 0.6) is 11.5 Å². The first-order chi connectivity index (χ1) is 16.6. The lowest BCUT2D eigenvalue weighted by molar-refractivity contribution is 0.153. The molecule has 0 bridgehead atoms. The summed E-state index contributed by atoms with van der Waals surface area (Å²) in [5, 5.41) is 9.65. The number of aliphatic hydroxyl groups is 1. The average molecular weight is 456 g/mol. The van der Waals surface area contributed by atoms with Crippen molar-refractivity contribution in [2.24, 2.45) is 0 Å². The van der Waals surface area contributed by atoms with Crippen LogP contribution in [0.1, 0.15) is 40.7 Å². The maximum absolute atomic E-state index is 9.65. The lowest BCUT2D eigenvalue weighted by Gasteiger charge is -2.23. The predicted molar refractivity (Wildman–Crippen MR) is 138 cm³/mol. The topological polar surface area (TPSA) is 41.9 Å². The van der Waals surface area contributed by atoms with Crippen LogP contribution in [0.15, 0.2) is 54.6 Å². The molecule has 1 atom stereocenters. The molecule has 3 aromatic rings. The number of rotatable bonds is 6. The van der Waals surface area contributed by atoms with Gasteiger partial charge < -0.3 is 14.6 Å². The van der Waals surface area contributed by atoms with Gasteiger partial charge in [0, 0.05) is 12.6 Å². The summed E-state index contributed by atoms with van der Waals surface area (Å²) >= 11 is 0. The van der Waals surface area contributed by atoms with Crippen molar-refractivity contribution in [3.63, 3.8) is 0 Å². The quantitative estimate of drug-likeness (QED) is 0.472. The Morgan fingerprint density at radius 2 is 1.76 bits per heavy atom. The fourth-order valence-electron chi connectivity index (χ4n) is 5.05. The minimum atomic E-state index is 0.248. The van der Waals surface area contributed by atoms with Gasteiger partial charge in [0.2, 0.25) is 0 Å². The number of aliphatic hydroxyl groups excluding tert-OH is 1. The molecule has 4 nitrogen and oxygen atoms in total. The fourth-order valence-corrected chi connectivity index (χ4v) is 5.05. The number of ether oxygens (including phenoxy) is 2. The lowest BCUT2D eigenvalue weighted by Crippen LogP contribution is -2.31. The number of fused-ring (bicyclic) bond motifs is 1. The first-order valence-electron chi connectivity index (χ1n) is 12.2. The van der Waals surface area contributed by atoms with Gasteiger partial charge in [0.1, 0.15) is 13.2 Å². The third-order valence-electron chi connectivity index (χ3n) is 7.11. The van der Waals surface area contributed by atoms with Crippen LogP contribution in [0, 0.1) is 13.8 Å². The molecule has 1 N–H and O–H groups in total. The molecule has 0 spiro atoms. The van der Waals surface area contributed by atoms with Gasteiger partial charge in [-0.05, 0) is 84.3 Å². The Balaban J connectivity index is 1.38. The van der Waals surface area contributed by atoms with Gasteiger partial charge in [0.05, 0.1) is 6.61 Å². The van der Waals surface area contributed by atoms with Gasteiger partial charge in [-0.2, -0.15) is 0 Å².